The molecule has 2 aromatic rings. The van der Waals surface area contributed by atoms with E-state index in [4.69, 9.17) is 4.52 Å². The van der Waals surface area contributed by atoms with Crippen LogP contribution in [0.2, 0.25) is 0 Å². The van der Waals surface area contributed by atoms with E-state index in [0.29, 0.717) is 17.9 Å². The molecular formula is C15H22N4O. The van der Waals surface area contributed by atoms with Gasteiger partial charge in [0.1, 0.15) is 0 Å². The minimum Gasteiger partial charge on any atom is -0.336 e. The maximum absolute atomic E-state index is 5.11. The van der Waals surface area contributed by atoms with Gasteiger partial charge in [-0.05, 0) is 25.6 Å². The predicted octanol–water partition coefficient (Wildman–Crippen LogP) is 2.87. The molecule has 1 N–H and O–H groups in total. The molecule has 5 heteroatoms. The Morgan fingerprint density at radius 1 is 1.20 bits per heavy atom. The highest BCUT2D eigenvalue weighted by Gasteiger charge is 2.18. The normalized spacial score (nSPS) is 12.6. The molecule has 0 aliphatic heterocycles. The number of aryl methyl sites for hydroxylation is 1. The summed E-state index contributed by atoms with van der Waals surface area (Å²) in [4.78, 5) is 6.59. The summed E-state index contributed by atoms with van der Waals surface area (Å²) in [5.74, 6) is 0.645. The minimum absolute atomic E-state index is 0.290. The molecule has 0 aliphatic carbocycles. The third-order valence-electron chi connectivity index (χ3n) is 3.41. The van der Waals surface area contributed by atoms with Crippen molar-refractivity contribution in [2.75, 3.05) is 25.0 Å². The quantitative estimate of drug-likeness (QED) is 0.841. The molecule has 1 heterocycles. The summed E-state index contributed by atoms with van der Waals surface area (Å²) < 4.78 is 5.11. The molecule has 20 heavy (non-hydrogen) atoms. The molecule has 0 bridgehead atoms. The number of benzene rings is 1. The number of aromatic nitrogens is 2. The van der Waals surface area contributed by atoms with Gasteiger partial charge >= 0.3 is 6.01 Å². The lowest BCUT2D eigenvalue weighted by molar-refractivity contribution is 0.227. The summed E-state index contributed by atoms with van der Waals surface area (Å²) in [5.41, 5.74) is 1.29. The first-order valence-corrected chi connectivity index (χ1v) is 7.07. The number of anilines is 1. The summed E-state index contributed by atoms with van der Waals surface area (Å²) in [6, 6.07) is 11.3. The SMILES string of the molecule is CCN(CC)C(CNc1nc(C)no1)c1ccccc1. The zero-order valence-electron chi connectivity index (χ0n) is 12.3. The molecular weight excluding hydrogens is 252 g/mol. The van der Waals surface area contributed by atoms with Crippen LogP contribution in [0.4, 0.5) is 6.01 Å². The molecule has 0 saturated heterocycles. The van der Waals surface area contributed by atoms with Crippen LogP contribution in [-0.2, 0) is 0 Å². The van der Waals surface area contributed by atoms with E-state index in [0.717, 1.165) is 19.6 Å². The van der Waals surface area contributed by atoms with E-state index in [9.17, 15) is 0 Å². The summed E-state index contributed by atoms with van der Waals surface area (Å²) in [7, 11) is 0. The smallest absolute Gasteiger partial charge is 0.321 e. The van der Waals surface area contributed by atoms with E-state index in [1.54, 1.807) is 0 Å². The van der Waals surface area contributed by atoms with Crippen molar-refractivity contribution in [3.63, 3.8) is 0 Å². The molecule has 0 amide bonds. The first-order valence-electron chi connectivity index (χ1n) is 7.07. The van der Waals surface area contributed by atoms with Crippen LogP contribution in [0.25, 0.3) is 0 Å². The van der Waals surface area contributed by atoms with Gasteiger partial charge in [0.15, 0.2) is 5.82 Å². The van der Waals surface area contributed by atoms with Crippen LogP contribution in [0.5, 0.6) is 0 Å². The highest BCUT2D eigenvalue weighted by Crippen LogP contribution is 2.20. The Labute approximate surface area is 120 Å². The number of nitrogens with zero attached hydrogens (tertiary/aromatic N) is 3. The van der Waals surface area contributed by atoms with Gasteiger partial charge in [0.2, 0.25) is 0 Å². The number of hydrogen-bond acceptors (Lipinski definition) is 5. The Morgan fingerprint density at radius 3 is 2.45 bits per heavy atom. The fourth-order valence-electron chi connectivity index (χ4n) is 2.35. The highest BCUT2D eigenvalue weighted by atomic mass is 16.5. The lowest BCUT2D eigenvalue weighted by Crippen LogP contribution is -2.33. The molecule has 1 atom stereocenters. The first-order chi connectivity index (χ1) is 9.74. The van der Waals surface area contributed by atoms with Crippen LogP contribution in [0.15, 0.2) is 34.9 Å². The van der Waals surface area contributed by atoms with Gasteiger partial charge in [-0.1, -0.05) is 49.3 Å². The number of rotatable bonds is 7. The van der Waals surface area contributed by atoms with Gasteiger partial charge in [0.25, 0.3) is 0 Å². The molecule has 0 radical (unpaired) electrons. The fraction of sp³-hybridized carbons (Fsp3) is 0.467. The standard InChI is InChI=1S/C15H22N4O/c1-4-19(5-2)14(13-9-7-6-8-10-13)11-16-15-17-12(3)18-20-15/h6-10,14H,4-5,11H2,1-3H3,(H,16,17,18). The van der Waals surface area contributed by atoms with Crippen molar-refractivity contribution in [2.45, 2.75) is 26.8 Å². The Balaban J connectivity index is 2.10. The zero-order valence-corrected chi connectivity index (χ0v) is 12.3. The van der Waals surface area contributed by atoms with Gasteiger partial charge in [-0.15, -0.1) is 0 Å². The van der Waals surface area contributed by atoms with Crippen LogP contribution in [0.1, 0.15) is 31.3 Å². The molecule has 1 aromatic carbocycles. The van der Waals surface area contributed by atoms with Gasteiger partial charge < -0.3 is 9.84 Å². The minimum atomic E-state index is 0.290. The molecule has 0 aliphatic rings. The van der Waals surface area contributed by atoms with Crippen molar-refractivity contribution < 1.29 is 4.52 Å². The van der Waals surface area contributed by atoms with E-state index in [2.05, 4.69) is 58.5 Å². The molecule has 0 saturated carbocycles. The Kier molecular flexibility index (Phi) is 5.12. The van der Waals surface area contributed by atoms with E-state index in [1.807, 2.05) is 13.0 Å². The molecule has 1 unspecified atom stereocenters. The number of nitrogens with one attached hydrogen (secondary N) is 1. The zero-order chi connectivity index (χ0) is 14.4. The lowest BCUT2D eigenvalue weighted by Gasteiger charge is -2.30. The second-order valence-electron chi connectivity index (χ2n) is 4.68. The third-order valence-corrected chi connectivity index (χ3v) is 3.41. The molecule has 0 spiro atoms. The Hall–Kier alpha value is -1.88. The molecule has 2 rings (SSSR count). The average molecular weight is 274 g/mol. The molecule has 108 valence electrons. The second kappa shape index (κ2) is 7.05. The lowest BCUT2D eigenvalue weighted by atomic mass is 10.1. The van der Waals surface area contributed by atoms with Crippen molar-refractivity contribution in [3.8, 4) is 0 Å². The van der Waals surface area contributed by atoms with Gasteiger partial charge in [0, 0.05) is 6.54 Å². The van der Waals surface area contributed by atoms with Gasteiger partial charge in [-0.25, -0.2) is 0 Å². The van der Waals surface area contributed by atoms with Crippen LogP contribution in [0.3, 0.4) is 0 Å². The molecule has 0 fully saturated rings. The Bertz CT molecular complexity index is 508. The average Bonchev–Trinajstić information content (AvgIpc) is 2.90. The van der Waals surface area contributed by atoms with Gasteiger partial charge in [0.05, 0.1) is 6.04 Å². The highest BCUT2D eigenvalue weighted by molar-refractivity contribution is 5.24. The van der Waals surface area contributed by atoms with Gasteiger partial charge in [-0.2, -0.15) is 4.98 Å². The summed E-state index contributed by atoms with van der Waals surface area (Å²) in [6.45, 7) is 8.91. The maximum Gasteiger partial charge on any atom is 0.321 e. The predicted molar refractivity (Wildman–Crippen MR) is 79.6 cm³/mol. The number of likely N-dealkylation sites (N-methyl/N-ethyl adjacent to an activating group) is 1. The first kappa shape index (κ1) is 14.5. The van der Waals surface area contributed by atoms with Crippen LogP contribution in [0, 0.1) is 6.92 Å². The van der Waals surface area contributed by atoms with Crippen molar-refractivity contribution in [2.24, 2.45) is 0 Å². The van der Waals surface area contributed by atoms with Crippen molar-refractivity contribution in [1.82, 2.24) is 15.0 Å². The Morgan fingerprint density at radius 2 is 1.90 bits per heavy atom. The van der Waals surface area contributed by atoms with Crippen molar-refractivity contribution >= 4 is 6.01 Å². The van der Waals surface area contributed by atoms with Crippen molar-refractivity contribution in [3.05, 3.63) is 41.7 Å². The number of hydrogen-bond donors (Lipinski definition) is 1. The van der Waals surface area contributed by atoms with Gasteiger partial charge in [-0.3, -0.25) is 4.90 Å². The van der Waals surface area contributed by atoms with Crippen LogP contribution < -0.4 is 5.32 Å². The van der Waals surface area contributed by atoms with Crippen molar-refractivity contribution in [1.29, 1.82) is 0 Å². The summed E-state index contributed by atoms with van der Waals surface area (Å²) in [5, 5.41) is 7.02. The largest absolute Gasteiger partial charge is 0.336 e. The van der Waals surface area contributed by atoms with E-state index in [-0.39, 0.29) is 0 Å². The third kappa shape index (κ3) is 3.57. The van der Waals surface area contributed by atoms with E-state index < -0.39 is 0 Å². The molecule has 5 nitrogen and oxygen atoms in total. The van der Waals surface area contributed by atoms with Crippen LogP contribution >= 0.6 is 0 Å². The maximum atomic E-state index is 5.11. The topological polar surface area (TPSA) is 54.2 Å². The summed E-state index contributed by atoms with van der Waals surface area (Å²) in [6.07, 6.45) is 0. The van der Waals surface area contributed by atoms with Crippen LogP contribution in [-0.4, -0.2) is 34.7 Å². The monoisotopic (exact) mass is 274 g/mol. The molecule has 1 aromatic heterocycles. The fourth-order valence-corrected chi connectivity index (χ4v) is 2.35. The summed E-state index contributed by atoms with van der Waals surface area (Å²) >= 11 is 0. The van der Waals surface area contributed by atoms with E-state index in [1.165, 1.54) is 5.56 Å². The van der Waals surface area contributed by atoms with E-state index >= 15 is 0 Å². The second-order valence-corrected chi connectivity index (χ2v) is 4.68.